The predicted octanol–water partition coefficient (Wildman–Crippen LogP) is 5.33. The molecule has 2 fully saturated rings. The first-order valence-corrected chi connectivity index (χ1v) is 11.7. The Morgan fingerprint density at radius 1 is 1.10 bits per heavy atom. The molecule has 1 aromatic heterocycles. The van der Waals surface area contributed by atoms with E-state index in [2.05, 4.69) is 15.2 Å². The third-order valence-electron chi connectivity index (χ3n) is 7.01. The van der Waals surface area contributed by atoms with Gasteiger partial charge < -0.3 is 14.6 Å². The van der Waals surface area contributed by atoms with E-state index in [-0.39, 0.29) is 5.91 Å². The lowest BCUT2D eigenvalue weighted by Crippen LogP contribution is -2.45. The molecule has 0 bridgehead atoms. The molecule has 1 aliphatic carbocycles. The van der Waals surface area contributed by atoms with Gasteiger partial charge in [-0.3, -0.25) is 4.79 Å². The Morgan fingerprint density at radius 2 is 1.81 bits per heavy atom. The highest BCUT2D eigenvalue weighted by atomic mass is 35.5. The van der Waals surface area contributed by atoms with Crippen molar-refractivity contribution in [2.75, 3.05) is 24.5 Å². The summed E-state index contributed by atoms with van der Waals surface area (Å²) < 4.78 is 5.91. The molecule has 5 rings (SSSR count). The van der Waals surface area contributed by atoms with Gasteiger partial charge in [0.15, 0.2) is 5.58 Å². The highest BCUT2D eigenvalue weighted by molar-refractivity contribution is 6.30. The summed E-state index contributed by atoms with van der Waals surface area (Å²) in [6, 6.07) is 16.4. The van der Waals surface area contributed by atoms with Crippen molar-refractivity contribution < 1.29 is 9.21 Å². The lowest BCUT2D eigenvalue weighted by Gasteiger charge is -2.33. The second kappa shape index (κ2) is 8.54. The number of piperidine rings is 1. The fraction of sp³-hybridized carbons (Fsp3) is 0.440. The summed E-state index contributed by atoms with van der Waals surface area (Å²) in [6.07, 6.45) is 6.06. The lowest BCUT2D eigenvalue weighted by atomic mass is 9.78. The summed E-state index contributed by atoms with van der Waals surface area (Å²) in [5, 5.41) is 4.01. The molecule has 1 N–H and O–H groups in total. The van der Waals surface area contributed by atoms with Crippen LogP contribution >= 0.6 is 11.6 Å². The van der Waals surface area contributed by atoms with E-state index in [4.69, 9.17) is 16.0 Å². The monoisotopic (exact) mass is 437 g/mol. The predicted molar refractivity (Wildman–Crippen MR) is 124 cm³/mol. The Bertz CT molecular complexity index is 1020. The second-order valence-corrected chi connectivity index (χ2v) is 9.34. The van der Waals surface area contributed by atoms with E-state index in [9.17, 15) is 4.79 Å². The van der Waals surface area contributed by atoms with Crippen molar-refractivity contribution in [3.05, 3.63) is 59.1 Å². The van der Waals surface area contributed by atoms with Crippen LogP contribution in [0.4, 0.5) is 6.01 Å². The maximum atomic E-state index is 13.3. The van der Waals surface area contributed by atoms with Gasteiger partial charge in [0.1, 0.15) is 5.52 Å². The molecule has 2 heterocycles. The number of benzene rings is 2. The van der Waals surface area contributed by atoms with Crippen molar-refractivity contribution in [2.24, 2.45) is 5.92 Å². The standard InChI is InChI=1S/C25H28ClN3O2/c26-20-9-7-19(8-10-20)25(13-3-4-14-25)23(30)27-17-18-11-15-29(16-12-18)24-28-21-5-1-2-6-22(21)31-24/h1-2,5-10,18H,3-4,11-17H2,(H,27,30). The molecule has 3 aromatic rings. The van der Waals surface area contributed by atoms with Gasteiger partial charge in [-0.2, -0.15) is 4.98 Å². The average Bonchev–Trinajstić information content (AvgIpc) is 3.46. The number of anilines is 1. The number of carbonyl (C=O) groups is 1. The van der Waals surface area contributed by atoms with Crippen LogP contribution in [0, 0.1) is 5.92 Å². The van der Waals surface area contributed by atoms with Crippen LogP contribution in [0.1, 0.15) is 44.1 Å². The minimum absolute atomic E-state index is 0.175. The first-order chi connectivity index (χ1) is 15.1. The molecule has 5 nitrogen and oxygen atoms in total. The number of hydrogen-bond acceptors (Lipinski definition) is 4. The number of hydrogen-bond donors (Lipinski definition) is 1. The van der Waals surface area contributed by atoms with Crippen molar-refractivity contribution in [3.63, 3.8) is 0 Å². The Kier molecular flexibility index (Phi) is 5.61. The van der Waals surface area contributed by atoms with Gasteiger partial charge in [-0.15, -0.1) is 0 Å². The van der Waals surface area contributed by atoms with Crippen molar-refractivity contribution in [2.45, 2.75) is 43.9 Å². The Morgan fingerprint density at radius 3 is 2.52 bits per heavy atom. The van der Waals surface area contributed by atoms with E-state index in [1.807, 2.05) is 48.5 Å². The first kappa shape index (κ1) is 20.4. The normalized spacial score (nSPS) is 19.1. The third kappa shape index (κ3) is 4.03. The molecule has 2 aromatic carbocycles. The number of halogens is 1. The SMILES string of the molecule is O=C(NCC1CCN(c2nc3ccccc3o2)CC1)C1(c2ccc(Cl)cc2)CCCC1. The highest BCUT2D eigenvalue weighted by Crippen LogP contribution is 2.41. The molecule has 162 valence electrons. The molecular formula is C25H28ClN3O2. The molecule has 1 saturated carbocycles. The van der Waals surface area contributed by atoms with E-state index in [0.717, 1.165) is 74.8 Å². The van der Waals surface area contributed by atoms with Crippen LogP contribution in [-0.4, -0.2) is 30.5 Å². The summed E-state index contributed by atoms with van der Waals surface area (Å²) in [7, 11) is 0. The zero-order valence-electron chi connectivity index (χ0n) is 17.6. The van der Waals surface area contributed by atoms with Crippen LogP contribution in [0.25, 0.3) is 11.1 Å². The maximum Gasteiger partial charge on any atom is 0.298 e. The van der Waals surface area contributed by atoms with Crippen molar-refractivity contribution >= 4 is 34.6 Å². The molecule has 1 saturated heterocycles. The van der Waals surface area contributed by atoms with Crippen LogP contribution in [-0.2, 0) is 10.2 Å². The number of rotatable bonds is 5. The molecule has 1 aliphatic heterocycles. The number of nitrogens with one attached hydrogen (secondary N) is 1. The Labute approximate surface area is 187 Å². The van der Waals surface area contributed by atoms with E-state index in [1.54, 1.807) is 0 Å². The number of amides is 1. The molecule has 2 aliphatic rings. The van der Waals surface area contributed by atoms with Gasteiger partial charge in [-0.1, -0.05) is 48.7 Å². The second-order valence-electron chi connectivity index (χ2n) is 8.90. The van der Waals surface area contributed by atoms with Crippen molar-refractivity contribution in [1.82, 2.24) is 10.3 Å². The molecular weight excluding hydrogens is 410 g/mol. The number of para-hydroxylation sites is 2. The largest absolute Gasteiger partial charge is 0.423 e. The smallest absolute Gasteiger partial charge is 0.298 e. The van der Waals surface area contributed by atoms with E-state index in [0.29, 0.717) is 17.0 Å². The fourth-order valence-electron chi connectivity index (χ4n) is 5.12. The summed E-state index contributed by atoms with van der Waals surface area (Å²) in [4.78, 5) is 20.1. The fourth-order valence-corrected chi connectivity index (χ4v) is 5.25. The highest BCUT2D eigenvalue weighted by Gasteiger charge is 2.42. The van der Waals surface area contributed by atoms with E-state index < -0.39 is 5.41 Å². The Hall–Kier alpha value is -2.53. The number of oxazole rings is 1. The molecule has 0 radical (unpaired) electrons. The van der Waals surface area contributed by atoms with E-state index >= 15 is 0 Å². The Balaban J connectivity index is 1.18. The number of fused-ring (bicyclic) bond motifs is 1. The third-order valence-corrected chi connectivity index (χ3v) is 7.26. The van der Waals surface area contributed by atoms with Gasteiger partial charge in [0.05, 0.1) is 5.41 Å². The van der Waals surface area contributed by atoms with Gasteiger partial charge in [0.2, 0.25) is 5.91 Å². The van der Waals surface area contributed by atoms with Crippen LogP contribution in [0.5, 0.6) is 0 Å². The minimum Gasteiger partial charge on any atom is -0.423 e. The number of nitrogens with zero attached hydrogens (tertiary/aromatic N) is 2. The molecule has 1 amide bonds. The molecule has 0 atom stereocenters. The summed E-state index contributed by atoms with van der Waals surface area (Å²) >= 11 is 6.07. The summed E-state index contributed by atoms with van der Waals surface area (Å²) in [5.74, 6) is 0.655. The van der Waals surface area contributed by atoms with Gasteiger partial charge in [0, 0.05) is 24.7 Å². The number of aromatic nitrogens is 1. The first-order valence-electron chi connectivity index (χ1n) is 11.3. The summed E-state index contributed by atoms with van der Waals surface area (Å²) in [5.41, 5.74) is 2.42. The topological polar surface area (TPSA) is 58.4 Å². The zero-order chi connectivity index (χ0) is 21.3. The zero-order valence-corrected chi connectivity index (χ0v) is 18.4. The van der Waals surface area contributed by atoms with Crippen molar-refractivity contribution in [3.8, 4) is 0 Å². The van der Waals surface area contributed by atoms with Crippen LogP contribution in [0.15, 0.2) is 52.9 Å². The van der Waals surface area contributed by atoms with E-state index in [1.165, 1.54) is 0 Å². The maximum absolute atomic E-state index is 13.3. The van der Waals surface area contributed by atoms with Gasteiger partial charge in [-0.05, 0) is 61.4 Å². The molecule has 0 spiro atoms. The average molecular weight is 438 g/mol. The molecule has 6 heteroatoms. The van der Waals surface area contributed by atoms with Gasteiger partial charge >= 0.3 is 0 Å². The van der Waals surface area contributed by atoms with Crippen molar-refractivity contribution in [1.29, 1.82) is 0 Å². The van der Waals surface area contributed by atoms with Gasteiger partial charge in [0.25, 0.3) is 6.01 Å². The summed E-state index contributed by atoms with van der Waals surface area (Å²) in [6.45, 7) is 2.53. The molecule has 0 unspecified atom stereocenters. The van der Waals surface area contributed by atoms with Gasteiger partial charge in [-0.25, -0.2) is 0 Å². The quantitative estimate of drug-likeness (QED) is 0.586. The molecule has 31 heavy (non-hydrogen) atoms. The van der Waals surface area contributed by atoms with Crippen LogP contribution < -0.4 is 10.2 Å². The minimum atomic E-state index is -0.399. The number of carbonyl (C=O) groups excluding carboxylic acids is 1. The van der Waals surface area contributed by atoms with Crippen LogP contribution in [0.2, 0.25) is 5.02 Å². The van der Waals surface area contributed by atoms with Crippen LogP contribution in [0.3, 0.4) is 0 Å². The lowest BCUT2D eigenvalue weighted by molar-refractivity contribution is -0.126.